The number of aromatic nitrogens is 2. The zero-order valence-corrected chi connectivity index (χ0v) is 11.0. The Bertz CT molecular complexity index is 870. The van der Waals surface area contributed by atoms with Gasteiger partial charge in [0.1, 0.15) is 5.69 Å². The molecule has 104 valence electrons. The number of benzene rings is 2. The summed E-state index contributed by atoms with van der Waals surface area (Å²) in [5.41, 5.74) is 1.49. The number of carboxylic acid groups (broad SMARTS) is 1. The highest BCUT2D eigenvalue weighted by atomic mass is 16.4. The van der Waals surface area contributed by atoms with Gasteiger partial charge in [-0.25, -0.2) is 4.98 Å². The van der Waals surface area contributed by atoms with Crippen molar-refractivity contribution in [2.45, 2.75) is 6.54 Å². The van der Waals surface area contributed by atoms with Crippen molar-refractivity contribution in [1.29, 1.82) is 0 Å². The Labute approximate surface area is 120 Å². The molecule has 0 amide bonds. The number of hydrogen-bond acceptors (Lipinski definition) is 4. The van der Waals surface area contributed by atoms with Gasteiger partial charge in [-0.1, -0.05) is 42.5 Å². The molecule has 0 aliphatic rings. The van der Waals surface area contributed by atoms with Gasteiger partial charge in [-0.3, -0.25) is 9.36 Å². The summed E-state index contributed by atoms with van der Waals surface area (Å²) in [6.45, 7) is -0.498. The van der Waals surface area contributed by atoms with E-state index < -0.39 is 18.1 Å². The zero-order chi connectivity index (χ0) is 14.8. The van der Waals surface area contributed by atoms with Gasteiger partial charge in [0.05, 0.1) is 23.5 Å². The molecule has 0 spiro atoms. The van der Waals surface area contributed by atoms with Crippen LogP contribution in [0, 0.1) is 0 Å². The van der Waals surface area contributed by atoms with Gasteiger partial charge in [-0.15, -0.1) is 0 Å². The van der Waals surface area contributed by atoms with Crippen LogP contribution in [0.2, 0.25) is 0 Å². The van der Waals surface area contributed by atoms with E-state index in [4.69, 9.17) is 0 Å². The van der Waals surface area contributed by atoms with Crippen LogP contribution in [0.15, 0.2) is 59.4 Å². The molecule has 0 fully saturated rings. The number of hydrogen-bond donors (Lipinski definition) is 0. The summed E-state index contributed by atoms with van der Waals surface area (Å²) < 4.78 is 1.18. The third-order valence-corrected chi connectivity index (χ3v) is 3.19. The predicted molar refractivity (Wildman–Crippen MR) is 76.4 cm³/mol. The minimum Gasteiger partial charge on any atom is -0.548 e. The van der Waals surface area contributed by atoms with E-state index in [-0.39, 0.29) is 5.69 Å². The zero-order valence-electron chi connectivity index (χ0n) is 11.0. The summed E-state index contributed by atoms with van der Waals surface area (Å²) in [7, 11) is 0. The van der Waals surface area contributed by atoms with Crippen molar-refractivity contribution >= 4 is 17.0 Å². The van der Waals surface area contributed by atoms with Crippen LogP contribution >= 0.6 is 0 Å². The van der Waals surface area contributed by atoms with E-state index in [0.717, 1.165) is 0 Å². The molecule has 0 atom stereocenters. The van der Waals surface area contributed by atoms with Gasteiger partial charge in [0.15, 0.2) is 0 Å². The van der Waals surface area contributed by atoms with Gasteiger partial charge in [0, 0.05) is 5.56 Å². The molecule has 3 rings (SSSR count). The molecule has 0 radical (unpaired) electrons. The molecule has 1 aromatic heterocycles. The first kappa shape index (κ1) is 13.1. The van der Waals surface area contributed by atoms with Gasteiger partial charge in [0.2, 0.25) is 0 Å². The van der Waals surface area contributed by atoms with Crippen molar-refractivity contribution in [3.8, 4) is 11.3 Å². The predicted octanol–water partition coefficient (Wildman–Crippen LogP) is 0.813. The van der Waals surface area contributed by atoms with Crippen molar-refractivity contribution in [3.63, 3.8) is 0 Å². The molecule has 0 unspecified atom stereocenters. The Kier molecular flexibility index (Phi) is 3.23. The van der Waals surface area contributed by atoms with Crippen LogP contribution in [-0.2, 0) is 11.3 Å². The van der Waals surface area contributed by atoms with Gasteiger partial charge in [-0.2, -0.15) is 0 Å². The average Bonchev–Trinajstić information content (AvgIpc) is 2.50. The van der Waals surface area contributed by atoms with Crippen LogP contribution in [0.1, 0.15) is 0 Å². The quantitative estimate of drug-likeness (QED) is 0.711. The molecule has 0 aliphatic heterocycles. The molecular weight excluding hydrogens is 268 g/mol. The first-order valence-corrected chi connectivity index (χ1v) is 6.41. The van der Waals surface area contributed by atoms with Gasteiger partial charge in [-0.05, 0) is 12.1 Å². The Balaban J connectivity index is 2.35. The lowest BCUT2D eigenvalue weighted by atomic mass is 10.1. The number of carbonyl (C=O) groups excluding carboxylic acids is 1. The molecule has 0 aliphatic carbocycles. The van der Waals surface area contributed by atoms with E-state index in [1.807, 2.05) is 6.07 Å². The van der Waals surface area contributed by atoms with Gasteiger partial charge < -0.3 is 9.90 Å². The number of fused-ring (bicyclic) bond motifs is 1. The topological polar surface area (TPSA) is 75.0 Å². The van der Waals surface area contributed by atoms with Crippen LogP contribution in [0.3, 0.4) is 0 Å². The first-order valence-electron chi connectivity index (χ1n) is 6.41. The molecule has 0 bridgehead atoms. The minimum absolute atomic E-state index is 0.232. The van der Waals surface area contributed by atoms with E-state index in [1.54, 1.807) is 48.5 Å². The normalized spacial score (nSPS) is 10.7. The van der Waals surface area contributed by atoms with Gasteiger partial charge in [0.25, 0.3) is 5.56 Å². The largest absolute Gasteiger partial charge is 0.548 e. The molecule has 2 aromatic carbocycles. The third-order valence-electron chi connectivity index (χ3n) is 3.19. The monoisotopic (exact) mass is 279 g/mol. The molecular formula is C16H11N2O3-. The van der Waals surface area contributed by atoms with Crippen molar-refractivity contribution in [2.24, 2.45) is 0 Å². The number of aliphatic carboxylic acids is 1. The fourth-order valence-corrected chi connectivity index (χ4v) is 2.26. The van der Waals surface area contributed by atoms with E-state index in [9.17, 15) is 14.7 Å². The standard InChI is InChI=1S/C16H12N2O3/c19-14(20)10-18-13-9-5-4-8-12(13)17-15(16(18)21)11-6-2-1-3-7-11/h1-9H,10H2,(H,19,20)/p-1. The Morgan fingerprint density at radius 1 is 1.05 bits per heavy atom. The van der Waals surface area contributed by atoms with Crippen molar-refractivity contribution in [2.75, 3.05) is 0 Å². The Morgan fingerprint density at radius 2 is 1.71 bits per heavy atom. The smallest absolute Gasteiger partial charge is 0.277 e. The van der Waals surface area contributed by atoms with Crippen LogP contribution in [-0.4, -0.2) is 15.5 Å². The fraction of sp³-hybridized carbons (Fsp3) is 0.0625. The molecule has 1 heterocycles. The second-order valence-electron chi connectivity index (χ2n) is 4.58. The third kappa shape index (κ3) is 2.41. The Hall–Kier alpha value is -2.95. The van der Waals surface area contributed by atoms with Crippen LogP contribution in [0.5, 0.6) is 0 Å². The lowest BCUT2D eigenvalue weighted by Crippen LogP contribution is -2.34. The van der Waals surface area contributed by atoms with Crippen LogP contribution < -0.4 is 10.7 Å². The summed E-state index contributed by atoms with van der Waals surface area (Å²) in [5, 5.41) is 10.9. The Morgan fingerprint density at radius 3 is 2.43 bits per heavy atom. The number of nitrogens with zero attached hydrogens (tertiary/aromatic N) is 2. The summed E-state index contributed by atoms with van der Waals surface area (Å²) in [5.74, 6) is -1.31. The summed E-state index contributed by atoms with van der Waals surface area (Å²) in [6.07, 6.45) is 0. The number of carbonyl (C=O) groups is 1. The summed E-state index contributed by atoms with van der Waals surface area (Å²) in [6, 6.07) is 15.9. The average molecular weight is 279 g/mol. The van der Waals surface area contributed by atoms with E-state index >= 15 is 0 Å². The lowest BCUT2D eigenvalue weighted by Gasteiger charge is -2.12. The molecule has 3 aromatic rings. The van der Waals surface area contributed by atoms with E-state index in [0.29, 0.717) is 16.6 Å². The molecule has 0 saturated heterocycles. The second-order valence-corrected chi connectivity index (χ2v) is 4.58. The number of para-hydroxylation sites is 2. The summed E-state index contributed by atoms with van der Waals surface area (Å²) >= 11 is 0. The van der Waals surface area contributed by atoms with E-state index in [2.05, 4.69) is 4.98 Å². The molecule has 21 heavy (non-hydrogen) atoms. The first-order chi connectivity index (χ1) is 10.2. The minimum atomic E-state index is -1.31. The molecule has 5 heteroatoms. The SMILES string of the molecule is O=C([O-])Cn1c(=O)c(-c2ccccc2)nc2ccccc21. The number of rotatable bonds is 3. The highest BCUT2D eigenvalue weighted by Crippen LogP contribution is 2.17. The molecule has 0 saturated carbocycles. The maximum Gasteiger partial charge on any atom is 0.277 e. The van der Waals surface area contributed by atoms with Gasteiger partial charge >= 0.3 is 0 Å². The van der Waals surface area contributed by atoms with E-state index in [1.165, 1.54) is 4.57 Å². The van der Waals surface area contributed by atoms with Crippen LogP contribution in [0.25, 0.3) is 22.3 Å². The number of carboxylic acids is 1. The summed E-state index contributed by atoms with van der Waals surface area (Å²) in [4.78, 5) is 27.8. The highest BCUT2D eigenvalue weighted by molar-refractivity contribution is 5.79. The maximum absolute atomic E-state index is 12.5. The maximum atomic E-state index is 12.5. The van der Waals surface area contributed by atoms with Crippen molar-refractivity contribution in [3.05, 3.63) is 65.0 Å². The van der Waals surface area contributed by atoms with Crippen LogP contribution in [0.4, 0.5) is 0 Å². The van der Waals surface area contributed by atoms with Crippen molar-refractivity contribution < 1.29 is 9.90 Å². The lowest BCUT2D eigenvalue weighted by molar-refractivity contribution is -0.306. The fourth-order valence-electron chi connectivity index (χ4n) is 2.26. The molecule has 0 N–H and O–H groups in total. The second kappa shape index (κ2) is 5.20. The van der Waals surface area contributed by atoms with Crippen molar-refractivity contribution in [1.82, 2.24) is 9.55 Å². The highest BCUT2D eigenvalue weighted by Gasteiger charge is 2.12. The molecule has 5 nitrogen and oxygen atoms in total.